The fraction of sp³-hybridized carbons (Fsp3) is 0.280. The summed E-state index contributed by atoms with van der Waals surface area (Å²) in [5.74, 6) is -0.0351. The lowest BCUT2D eigenvalue weighted by Crippen LogP contribution is -2.30. The third-order valence-electron chi connectivity index (χ3n) is 4.91. The van der Waals surface area contributed by atoms with E-state index in [4.69, 9.17) is 4.74 Å². The second kappa shape index (κ2) is 9.69. The molecule has 1 heterocycles. The van der Waals surface area contributed by atoms with Crippen molar-refractivity contribution in [2.24, 2.45) is 0 Å². The van der Waals surface area contributed by atoms with Crippen LogP contribution in [0.3, 0.4) is 0 Å². The van der Waals surface area contributed by atoms with Crippen molar-refractivity contribution in [3.8, 4) is 6.07 Å². The molecule has 30 heavy (non-hydrogen) atoms. The van der Waals surface area contributed by atoms with E-state index in [9.17, 15) is 10.1 Å². The summed E-state index contributed by atoms with van der Waals surface area (Å²) in [5, 5.41) is 13.1. The predicted molar refractivity (Wildman–Crippen MR) is 121 cm³/mol. The van der Waals surface area contributed by atoms with Gasteiger partial charge in [-0.1, -0.05) is 48.5 Å². The molecule has 3 rings (SSSR count). The molecular formula is C25H26N2O2S. The molecule has 2 aromatic carbocycles. The normalized spacial score (nSPS) is 16.3. The number of hydrogen-bond acceptors (Lipinski definition) is 5. The number of carbonyl (C=O) groups excluding carboxylic acids is 1. The zero-order valence-corrected chi connectivity index (χ0v) is 18.5. The van der Waals surface area contributed by atoms with Gasteiger partial charge in [0, 0.05) is 22.0 Å². The first-order chi connectivity index (χ1) is 14.4. The lowest BCUT2D eigenvalue weighted by molar-refractivity contribution is -0.143. The highest BCUT2D eigenvalue weighted by Gasteiger charge is 2.35. The highest BCUT2D eigenvalue weighted by molar-refractivity contribution is 7.98. The molecule has 0 saturated heterocycles. The number of dihydropyridines is 1. The molecule has 1 N–H and O–H groups in total. The van der Waals surface area contributed by atoms with Gasteiger partial charge in [0.25, 0.3) is 0 Å². The summed E-state index contributed by atoms with van der Waals surface area (Å²) in [5.41, 5.74) is 4.71. The van der Waals surface area contributed by atoms with Crippen LogP contribution in [-0.4, -0.2) is 12.1 Å². The Hall–Kier alpha value is -2.97. The monoisotopic (exact) mass is 418 g/mol. The van der Waals surface area contributed by atoms with Crippen molar-refractivity contribution >= 4 is 17.7 Å². The van der Waals surface area contributed by atoms with Gasteiger partial charge in [-0.15, -0.1) is 11.8 Å². The predicted octanol–water partition coefficient (Wildman–Crippen LogP) is 5.69. The second-order valence-electron chi connectivity index (χ2n) is 7.51. The van der Waals surface area contributed by atoms with Crippen LogP contribution in [0.5, 0.6) is 0 Å². The van der Waals surface area contributed by atoms with Crippen LogP contribution in [0.25, 0.3) is 0 Å². The van der Waals surface area contributed by atoms with E-state index in [-0.39, 0.29) is 12.1 Å². The standard InChI is InChI=1S/C25H26N2O2S/c1-16(2)29-25(28)23-18(4)27-17(3)21(14-26)24(23)20-12-8-9-13-22(20)30-15-19-10-6-5-7-11-19/h5-13,16,24,27H,15H2,1-4H3. The lowest BCUT2D eigenvalue weighted by Gasteiger charge is -2.30. The number of thioether (sulfide) groups is 1. The average Bonchev–Trinajstić information content (AvgIpc) is 2.72. The number of allylic oxidation sites excluding steroid dienone is 3. The molecule has 0 spiro atoms. The molecule has 1 aliphatic rings. The minimum atomic E-state index is -0.457. The molecule has 1 unspecified atom stereocenters. The Bertz CT molecular complexity index is 1030. The molecule has 5 heteroatoms. The number of ether oxygens (including phenoxy) is 1. The number of carbonyl (C=O) groups is 1. The average molecular weight is 419 g/mol. The molecular weight excluding hydrogens is 392 g/mol. The second-order valence-corrected chi connectivity index (χ2v) is 8.53. The Kier molecular flexibility index (Phi) is 7.02. The van der Waals surface area contributed by atoms with Crippen molar-refractivity contribution in [3.05, 3.63) is 88.3 Å². The molecule has 0 saturated carbocycles. The van der Waals surface area contributed by atoms with Crippen LogP contribution in [0.15, 0.2) is 82.0 Å². The van der Waals surface area contributed by atoms with Crippen molar-refractivity contribution in [1.29, 1.82) is 5.26 Å². The van der Waals surface area contributed by atoms with Gasteiger partial charge in [0.15, 0.2) is 0 Å². The Morgan fingerprint density at radius 1 is 1.10 bits per heavy atom. The van der Waals surface area contributed by atoms with Crippen molar-refractivity contribution in [2.75, 3.05) is 0 Å². The van der Waals surface area contributed by atoms with Crippen molar-refractivity contribution in [3.63, 3.8) is 0 Å². The van der Waals surface area contributed by atoms with Gasteiger partial charge < -0.3 is 10.1 Å². The fourth-order valence-corrected chi connectivity index (χ4v) is 4.63. The Labute approximate surface area is 182 Å². The van der Waals surface area contributed by atoms with Crippen LogP contribution in [0.1, 0.15) is 44.7 Å². The Balaban J connectivity index is 2.04. The zero-order valence-electron chi connectivity index (χ0n) is 17.7. The van der Waals surface area contributed by atoms with Gasteiger partial charge in [-0.25, -0.2) is 4.79 Å². The number of hydrogen-bond donors (Lipinski definition) is 1. The van der Waals surface area contributed by atoms with E-state index >= 15 is 0 Å². The Morgan fingerprint density at radius 3 is 2.43 bits per heavy atom. The van der Waals surface area contributed by atoms with E-state index in [1.807, 2.05) is 64.1 Å². The highest BCUT2D eigenvalue weighted by atomic mass is 32.2. The highest BCUT2D eigenvalue weighted by Crippen LogP contribution is 2.42. The smallest absolute Gasteiger partial charge is 0.337 e. The summed E-state index contributed by atoms with van der Waals surface area (Å²) < 4.78 is 5.53. The van der Waals surface area contributed by atoms with Gasteiger partial charge in [-0.05, 0) is 44.9 Å². The summed E-state index contributed by atoms with van der Waals surface area (Å²) in [6.07, 6.45) is -0.237. The summed E-state index contributed by atoms with van der Waals surface area (Å²) in [4.78, 5) is 14.1. The molecule has 0 bridgehead atoms. The third kappa shape index (κ3) is 4.77. The van der Waals surface area contributed by atoms with Crippen LogP contribution >= 0.6 is 11.8 Å². The van der Waals surface area contributed by atoms with E-state index in [2.05, 4.69) is 29.6 Å². The molecule has 1 atom stereocenters. The number of nitriles is 1. The topological polar surface area (TPSA) is 62.1 Å². The van der Waals surface area contributed by atoms with Gasteiger partial charge in [0.05, 0.1) is 29.2 Å². The maximum absolute atomic E-state index is 13.0. The first kappa shape index (κ1) is 21.7. The zero-order chi connectivity index (χ0) is 21.7. The molecule has 0 aromatic heterocycles. The van der Waals surface area contributed by atoms with Gasteiger partial charge in [0.2, 0.25) is 0 Å². The van der Waals surface area contributed by atoms with Gasteiger partial charge in [-0.3, -0.25) is 0 Å². The maximum atomic E-state index is 13.0. The quantitative estimate of drug-likeness (QED) is 0.482. The molecule has 0 radical (unpaired) electrons. The van der Waals surface area contributed by atoms with Crippen LogP contribution in [0, 0.1) is 11.3 Å². The lowest BCUT2D eigenvalue weighted by atomic mass is 9.81. The van der Waals surface area contributed by atoms with E-state index in [1.165, 1.54) is 5.56 Å². The summed E-state index contributed by atoms with van der Waals surface area (Å²) >= 11 is 1.71. The van der Waals surface area contributed by atoms with E-state index in [0.717, 1.165) is 27.6 Å². The third-order valence-corrected chi connectivity index (χ3v) is 6.07. The Morgan fingerprint density at radius 2 is 1.77 bits per heavy atom. The van der Waals surface area contributed by atoms with E-state index in [1.54, 1.807) is 11.8 Å². The number of esters is 1. The van der Waals surface area contributed by atoms with Crippen LogP contribution in [0.4, 0.5) is 0 Å². The number of rotatable bonds is 6. The molecule has 4 nitrogen and oxygen atoms in total. The van der Waals surface area contributed by atoms with Crippen LogP contribution in [0.2, 0.25) is 0 Å². The van der Waals surface area contributed by atoms with Crippen molar-refractivity contribution in [1.82, 2.24) is 5.32 Å². The molecule has 154 valence electrons. The van der Waals surface area contributed by atoms with Crippen molar-refractivity contribution in [2.45, 2.75) is 50.4 Å². The molecule has 2 aromatic rings. The number of nitrogens with one attached hydrogen (secondary N) is 1. The summed E-state index contributed by atoms with van der Waals surface area (Å²) in [6, 6.07) is 20.6. The van der Waals surface area contributed by atoms with E-state index < -0.39 is 5.92 Å². The van der Waals surface area contributed by atoms with Gasteiger partial charge in [0.1, 0.15) is 0 Å². The van der Waals surface area contributed by atoms with Crippen molar-refractivity contribution < 1.29 is 9.53 Å². The molecule has 1 aliphatic heterocycles. The first-order valence-electron chi connectivity index (χ1n) is 9.97. The minimum absolute atomic E-state index is 0.237. The van der Waals surface area contributed by atoms with Gasteiger partial charge >= 0.3 is 5.97 Å². The molecule has 0 amide bonds. The minimum Gasteiger partial charge on any atom is -0.460 e. The number of nitrogens with zero attached hydrogens (tertiary/aromatic N) is 1. The summed E-state index contributed by atoms with van der Waals surface area (Å²) in [7, 11) is 0. The van der Waals surface area contributed by atoms with Crippen LogP contribution < -0.4 is 5.32 Å². The maximum Gasteiger partial charge on any atom is 0.337 e. The number of benzene rings is 2. The first-order valence-corrected chi connectivity index (χ1v) is 11.0. The van der Waals surface area contributed by atoms with Crippen LogP contribution in [-0.2, 0) is 15.3 Å². The van der Waals surface area contributed by atoms with Gasteiger partial charge in [-0.2, -0.15) is 5.26 Å². The SMILES string of the molecule is CC1=C(C#N)C(c2ccccc2SCc2ccccc2)C(C(=O)OC(C)C)=C(C)N1. The largest absolute Gasteiger partial charge is 0.460 e. The fourth-order valence-electron chi connectivity index (χ4n) is 3.59. The summed E-state index contributed by atoms with van der Waals surface area (Å²) in [6.45, 7) is 7.39. The molecule has 0 aliphatic carbocycles. The molecule has 0 fully saturated rings. The van der Waals surface area contributed by atoms with E-state index in [0.29, 0.717) is 11.1 Å².